The fourth-order valence-corrected chi connectivity index (χ4v) is 5.14. The fraction of sp³-hybridized carbons (Fsp3) is 0.364. The van der Waals surface area contributed by atoms with Crippen LogP contribution in [0.15, 0.2) is 19.0 Å². The zero-order chi connectivity index (χ0) is 14.0. The minimum Gasteiger partial charge on any atom is -0.465 e. The van der Waals surface area contributed by atoms with Gasteiger partial charge in [0.15, 0.2) is 5.12 Å². The fourth-order valence-electron chi connectivity index (χ4n) is 1.47. The van der Waals surface area contributed by atoms with Crippen LogP contribution in [0.4, 0.5) is 0 Å². The zero-order valence-electron chi connectivity index (χ0n) is 10.2. The van der Waals surface area contributed by atoms with E-state index in [-0.39, 0.29) is 14.9 Å². The lowest BCUT2D eigenvalue weighted by molar-refractivity contribution is -0.138. The van der Waals surface area contributed by atoms with Crippen molar-refractivity contribution in [2.45, 2.75) is 12.8 Å². The highest BCUT2D eigenvalue weighted by atomic mass is 32.2. The molecule has 0 bridgehead atoms. The molecule has 19 heavy (non-hydrogen) atoms. The summed E-state index contributed by atoms with van der Waals surface area (Å²) in [5, 5.41) is 0.106. The van der Waals surface area contributed by atoms with Crippen molar-refractivity contribution in [3.05, 3.63) is 19.0 Å². The van der Waals surface area contributed by atoms with Gasteiger partial charge in [0, 0.05) is 11.3 Å². The molecule has 102 valence electrons. The predicted octanol–water partition coefficient (Wildman–Crippen LogP) is 2.25. The molecule has 0 saturated carbocycles. The quantitative estimate of drug-likeness (QED) is 0.718. The molecule has 0 atom stereocenters. The molecule has 2 aliphatic rings. The molecule has 0 unspecified atom stereocenters. The molecule has 8 heteroatoms. The van der Waals surface area contributed by atoms with Crippen molar-refractivity contribution in [2.75, 3.05) is 14.2 Å². The number of allylic oxidation sites excluding steroid dienone is 1. The maximum absolute atomic E-state index is 11.7. The van der Waals surface area contributed by atoms with Crippen LogP contribution in [0.1, 0.15) is 12.8 Å². The second-order valence-corrected chi connectivity index (χ2v) is 6.98. The molecular formula is C11H10O5S3. The van der Waals surface area contributed by atoms with E-state index in [2.05, 4.69) is 9.47 Å². The van der Waals surface area contributed by atoms with E-state index < -0.39 is 11.9 Å². The Morgan fingerprint density at radius 3 is 1.84 bits per heavy atom. The van der Waals surface area contributed by atoms with E-state index in [4.69, 9.17) is 0 Å². The summed E-state index contributed by atoms with van der Waals surface area (Å²) >= 11 is 3.51. The summed E-state index contributed by atoms with van der Waals surface area (Å²) in [6.07, 6.45) is 1.15. The lowest BCUT2D eigenvalue weighted by Crippen LogP contribution is -2.08. The van der Waals surface area contributed by atoms with Gasteiger partial charge < -0.3 is 9.47 Å². The smallest absolute Gasteiger partial charge is 0.346 e. The molecule has 1 fully saturated rings. The number of rotatable bonds is 2. The van der Waals surface area contributed by atoms with Gasteiger partial charge in [-0.1, -0.05) is 35.3 Å². The van der Waals surface area contributed by atoms with Crippen LogP contribution >= 0.6 is 35.3 Å². The van der Waals surface area contributed by atoms with Crippen molar-refractivity contribution >= 4 is 52.3 Å². The minimum atomic E-state index is -0.567. The van der Waals surface area contributed by atoms with E-state index in [1.54, 1.807) is 0 Å². The second kappa shape index (κ2) is 6.06. The van der Waals surface area contributed by atoms with Gasteiger partial charge in [0.25, 0.3) is 0 Å². The van der Waals surface area contributed by atoms with Crippen LogP contribution in [-0.2, 0) is 23.9 Å². The Bertz CT molecular complexity index is 490. The Balaban J connectivity index is 2.29. The number of carbonyl (C=O) groups excluding carboxylic acids is 3. The number of esters is 2. The molecule has 2 heterocycles. The van der Waals surface area contributed by atoms with Gasteiger partial charge in [0.1, 0.15) is 9.81 Å². The Kier molecular flexibility index (Phi) is 4.64. The van der Waals surface area contributed by atoms with Crippen molar-refractivity contribution in [3.63, 3.8) is 0 Å². The van der Waals surface area contributed by atoms with Crippen LogP contribution in [0.25, 0.3) is 0 Å². The highest BCUT2D eigenvalue weighted by Crippen LogP contribution is 2.54. The summed E-state index contributed by atoms with van der Waals surface area (Å²) in [4.78, 5) is 35.9. The molecule has 0 N–H and O–H groups in total. The first-order valence-corrected chi connectivity index (χ1v) is 7.72. The molecule has 0 aliphatic carbocycles. The standard InChI is InChI=1S/C11H10O5S3/c1-15-9(13)7-8(10(14)16-2)19-11(18-7)5-3-4-6(12)17-5/h3-4H2,1-2H3. The van der Waals surface area contributed by atoms with Gasteiger partial charge in [-0.05, 0) is 6.42 Å². The van der Waals surface area contributed by atoms with Gasteiger partial charge in [-0.3, -0.25) is 4.79 Å². The maximum atomic E-state index is 11.7. The summed E-state index contributed by atoms with van der Waals surface area (Å²) in [5.74, 6) is -1.13. The van der Waals surface area contributed by atoms with E-state index >= 15 is 0 Å². The first-order valence-electron chi connectivity index (χ1n) is 5.27. The van der Waals surface area contributed by atoms with E-state index in [1.165, 1.54) is 49.5 Å². The van der Waals surface area contributed by atoms with Crippen molar-refractivity contribution in [1.82, 2.24) is 0 Å². The van der Waals surface area contributed by atoms with Crippen LogP contribution in [0.3, 0.4) is 0 Å². The van der Waals surface area contributed by atoms with Crippen LogP contribution in [-0.4, -0.2) is 31.3 Å². The molecule has 0 aromatic heterocycles. The lowest BCUT2D eigenvalue weighted by Gasteiger charge is -2.00. The average molecular weight is 318 g/mol. The van der Waals surface area contributed by atoms with E-state index in [9.17, 15) is 14.4 Å². The number of thioether (sulfide) groups is 3. The van der Waals surface area contributed by atoms with Crippen LogP contribution in [0.2, 0.25) is 0 Å². The summed E-state index contributed by atoms with van der Waals surface area (Å²) < 4.78 is 10.1. The van der Waals surface area contributed by atoms with Gasteiger partial charge in [-0.2, -0.15) is 0 Å². The summed E-state index contributed by atoms with van der Waals surface area (Å²) in [7, 11) is 2.52. The minimum absolute atomic E-state index is 0.106. The highest BCUT2D eigenvalue weighted by molar-refractivity contribution is 8.30. The van der Waals surface area contributed by atoms with Crippen LogP contribution in [0, 0.1) is 0 Å². The van der Waals surface area contributed by atoms with Gasteiger partial charge in [0.05, 0.1) is 18.5 Å². The molecule has 5 nitrogen and oxygen atoms in total. The van der Waals surface area contributed by atoms with Crippen molar-refractivity contribution < 1.29 is 23.9 Å². The number of hydrogen-bond donors (Lipinski definition) is 0. The monoisotopic (exact) mass is 318 g/mol. The first kappa shape index (κ1) is 14.5. The number of hydrogen-bond acceptors (Lipinski definition) is 8. The molecule has 0 radical (unpaired) electrons. The number of methoxy groups -OCH3 is 2. The molecule has 2 rings (SSSR count). The third-order valence-electron chi connectivity index (χ3n) is 2.36. The Morgan fingerprint density at radius 2 is 1.47 bits per heavy atom. The van der Waals surface area contributed by atoms with Gasteiger partial charge >= 0.3 is 11.9 Å². The summed E-state index contributed by atoms with van der Waals surface area (Å²) in [5.41, 5.74) is 0. The molecule has 1 saturated heterocycles. The number of ether oxygens (including phenoxy) is 2. The largest absolute Gasteiger partial charge is 0.465 e. The Morgan fingerprint density at radius 1 is 0.947 bits per heavy atom. The Labute approximate surface area is 122 Å². The summed E-state index contributed by atoms with van der Waals surface area (Å²) in [6.45, 7) is 0. The highest BCUT2D eigenvalue weighted by Gasteiger charge is 2.35. The van der Waals surface area contributed by atoms with E-state index in [0.29, 0.717) is 12.8 Å². The molecule has 0 spiro atoms. The Hall–Kier alpha value is -0.860. The summed E-state index contributed by atoms with van der Waals surface area (Å²) in [6, 6.07) is 0. The molecule has 0 amide bonds. The van der Waals surface area contributed by atoms with Crippen LogP contribution in [0.5, 0.6) is 0 Å². The van der Waals surface area contributed by atoms with Crippen molar-refractivity contribution in [1.29, 1.82) is 0 Å². The zero-order valence-corrected chi connectivity index (χ0v) is 12.6. The van der Waals surface area contributed by atoms with E-state index in [1.807, 2.05) is 0 Å². The average Bonchev–Trinajstić information content (AvgIpc) is 3.02. The van der Waals surface area contributed by atoms with Crippen molar-refractivity contribution in [2.24, 2.45) is 0 Å². The van der Waals surface area contributed by atoms with Crippen molar-refractivity contribution in [3.8, 4) is 0 Å². The van der Waals surface area contributed by atoms with Gasteiger partial charge in [-0.25, -0.2) is 9.59 Å². The molecular weight excluding hydrogens is 308 g/mol. The van der Waals surface area contributed by atoms with Gasteiger partial charge in [0.2, 0.25) is 0 Å². The third-order valence-corrected chi connectivity index (χ3v) is 6.35. The second-order valence-electron chi connectivity index (χ2n) is 3.53. The van der Waals surface area contributed by atoms with E-state index in [0.717, 1.165) is 9.14 Å². The first-order chi connectivity index (χ1) is 9.06. The topological polar surface area (TPSA) is 69.7 Å². The molecule has 0 aromatic carbocycles. The SMILES string of the molecule is COC(=O)C1=C(C(=O)OC)SC(=C2CCC(=O)S2)S1. The third kappa shape index (κ3) is 3.01. The maximum Gasteiger partial charge on any atom is 0.346 e. The molecule has 0 aromatic rings. The number of carbonyl (C=O) groups is 3. The predicted molar refractivity (Wildman–Crippen MR) is 75.1 cm³/mol. The van der Waals surface area contributed by atoms with Crippen LogP contribution < -0.4 is 0 Å². The lowest BCUT2D eigenvalue weighted by atomic mass is 10.3. The molecule has 2 aliphatic heterocycles. The van der Waals surface area contributed by atoms with Gasteiger partial charge in [-0.15, -0.1) is 0 Å². The normalized spacial score (nSPS) is 19.2.